The van der Waals surface area contributed by atoms with Gasteiger partial charge in [-0.05, 0) is 23.8 Å². The summed E-state index contributed by atoms with van der Waals surface area (Å²) in [7, 11) is 0. The summed E-state index contributed by atoms with van der Waals surface area (Å²) >= 11 is 0. The van der Waals surface area contributed by atoms with Crippen LogP contribution in [0.3, 0.4) is 0 Å². The molecule has 0 amide bonds. The summed E-state index contributed by atoms with van der Waals surface area (Å²) in [5, 5.41) is 6.72. The molecule has 5 nitrogen and oxygen atoms in total. The minimum absolute atomic E-state index is 0.526. The van der Waals surface area contributed by atoms with Gasteiger partial charge in [-0.15, -0.1) is 0 Å². The molecule has 0 saturated heterocycles. The number of hydrogen-bond donors (Lipinski definition) is 2. The van der Waals surface area contributed by atoms with Crippen molar-refractivity contribution in [2.45, 2.75) is 0 Å². The predicted octanol–water partition coefficient (Wildman–Crippen LogP) is 3.47. The topological polar surface area (TPSA) is 80.7 Å². The Morgan fingerprint density at radius 3 is 2.43 bits per heavy atom. The summed E-state index contributed by atoms with van der Waals surface area (Å²) in [6, 6.07) is 15.5. The fraction of sp³-hybridized carbons (Fsp3) is 0. The van der Waals surface area contributed by atoms with E-state index >= 15 is 0 Å². The number of anilines is 1. The van der Waals surface area contributed by atoms with E-state index < -0.39 is 0 Å². The lowest BCUT2D eigenvalue weighted by atomic mass is 10.0. The second-order valence-corrected chi connectivity index (χ2v) is 4.73. The zero-order valence-electron chi connectivity index (χ0n) is 11.1. The molecule has 2 heterocycles. The van der Waals surface area contributed by atoms with Crippen molar-refractivity contribution in [1.29, 1.82) is 0 Å². The van der Waals surface area contributed by atoms with Crippen LogP contribution < -0.4 is 5.73 Å². The molecular formula is C16H12N4O. The first kappa shape index (κ1) is 11.7. The second-order valence-electron chi connectivity index (χ2n) is 4.73. The molecule has 0 aliphatic rings. The molecule has 0 saturated carbocycles. The lowest BCUT2D eigenvalue weighted by Crippen LogP contribution is -1.90. The minimum atomic E-state index is 0.526. The number of rotatable bonds is 2. The molecule has 4 aromatic rings. The normalized spacial score (nSPS) is 11.0. The molecule has 4 rings (SSSR count). The third-order valence-electron chi connectivity index (χ3n) is 3.41. The number of H-pyrrole nitrogens is 1. The van der Waals surface area contributed by atoms with E-state index in [0.717, 1.165) is 27.8 Å². The number of fused-ring (bicyclic) bond motifs is 1. The maximum atomic E-state index is 5.93. The van der Waals surface area contributed by atoms with E-state index in [9.17, 15) is 0 Å². The first-order chi connectivity index (χ1) is 10.3. The third-order valence-corrected chi connectivity index (χ3v) is 3.41. The second kappa shape index (κ2) is 4.49. The zero-order chi connectivity index (χ0) is 14.2. The molecule has 3 N–H and O–H groups in total. The summed E-state index contributed by atoms with van der Waals surface area (Å²) in [6.07, 6.45) is 1.71. The average Bonchev–Trinajstić information content (AvgIpc) is 3.13. The molecule has 2 aromatic heterocycles. The van der Waals surface area contributed by atoms with Crippen molar-refractivity contribution >= 4 is 16.9 Å². The monoisotopic (exact) mass is 276 g/mol. The zero-order valence-corrected chi connectivity index (χ0v) is 11.1. The van der Waals surface area contributed by atoms with E-state index in [4.69, 9.17) is 10.2 Å². The lowest BCUT2D eigenvalue weighted by molar-refractivity contribution is 0.620. The van der Waals surface area contributed by atoms with E-state index in [2.05, 4.69) is 15.2 Å². The van der Waals surface area contributed by atoms with Crippen molar-refractivity contribution in [1.82, 2.24) is 15.2 Å². The quantitative estimate of drug-likeness (QED) is 0.587. The van der Waals surface area contributed by atoms with Crippen LogP contribution in [0, 0.1) is 0 Å². The van der Waals surface area contributed by atoms with Gasteiger partial charge >= 0.3 is 0 Å². The molecule has 5 heteroatoms. The summed E-state index contributed by atoms with van der Waals surface area (Å²) in [6.45, 7) is 0. The molecule has 0 aliphatic carbocycles. The Labute approximate surface area is 120 Å². The van der Waals surface area contributed by atoms with Gasteiger partial charge in [0.2, 0.25) is 5.89 Å². The van der Waals surface area contributed by atoms with Crippen molar-refractivity contribution in [3.63, 3.8) is 0 Å². The van der Waals surface area contributed by atoms with Crippen molar-refractivity contribution in [2.75, 3.05) is 5.73 Å². The summed E-state index contributed by atoms with van der Waals surface area (Å²) < 4.78 is 5.85. The maximum Gasteiger partial charge on any atom is 0.227 e. The van der Waals surface area contributed by atoms with Gasteiger partial charge in [-0.2, -0.15) is 5.10 Å². The van der Waals surface area contributed by atoms with Crippen molar-refractivity contribution < 1.29 is 4.42 Å². The highest BCUT2D eigenvalue weighted by molar-refractivity contribution is 5.86. The molecule has 0 atom stereocenters. The number of benzene rings is 2. The molecule has 0 fully saturated rings. The summed E-state index contributed by atoms with van der Waals surface area (Å²) in [5.74, 6) is 1.10. The van der Waals surface area contributed by atoms with Crippen molar-refractivity contribution in [3.05, 3.63) is 54.7 Å². The van der Waals surface area contributed by atoms with Crippen LogP contribution in [0.5, 0.6) is 0 Å². The molecule has 0 bridgehead atoms. The smallest absolute Gasteiger partial charge is 0.227 e. The van der Waals surface area contributed by atoms with Crippen LogP contribution in [0.4, 0.5) is 5.82 Å². The lowest BCUT2D eigenvalue weighted by Gasteiger charge is -2.04. The predicted molar refractivity (Wildman–Crippen MR) is 81.4 cm³/mol. The van der Waals surface area contributed by atoms with Crippen LogP contribution in [-0.2, 0) is 0 Å². The van der Waals surface area contributed by atoms with Crippen LogP contribution in [0.2, 0.25) is 0 Å². The maximum absolute atomic E-state index is 5.93. The molecule has 2 aromatic carbocycles. The Balaban J connectivity index is 1.95. The van der Waals surface area contributed by atoms with Crippen molar-refractivity contribution in [3.8, 4) is 22.6 Å². The van der Waals surface area contributed by atoms with Gasteiger partial charge in [0, 0.05) is 11.1 Å². The number of oxazole rings is 1. The van der Waals surface area contributed by atoms with Crippen LogP contribution in [0.25, 0.3) is 33.7 Å². The molecule has 0 spiro atoms. The first-order valence-electron chi connectivity index (χ1n) is 6.57. The van der Waals surface area contributed by atoms with Gasteiger partial charge in [-0.25, -0.2) is 4.98 Å². The van der Waals surface area contributed by atoms with Gasteiger partial charge in [0.25, 0.3) is 0 Å². The van der Waals surface area contributed by atoms with E-state index in [1.165, 1.54) is 0 Å². The number of nitrogens with zero attached hydrogens (tertiary/aromatic N) is 2. The van der Waals surface area contributed by atoms with Gasteiger partial charge in [-0.1, -0.05) is 30.3 Å². The fourth-order valence-corrected chi connectivity index (χ4v) is 2.40. The van der Waals surface area contributed by atoms with Crippen LogP contribution in [0.1, 0.15) is 0 Å². The Kier molecular flexibility index (Phi) is 2.50. The Morgan fingerprint density at radius 2 is 1.67 bits per heavy atom. The number of aromatic amines is 1. The largest absolute Gasteiger partial charge is 0.436 e. The molecule has 0 unspecified atom stereocenters. The number of nitrogens with one attached hydrogen (secondary N) is 1. The molecule has 102 valence electrons. The van der Waals surface area contributed by atoms with Crippen LogP contribution in [0.15, 0.2) is 59.1 Å². The number of nitrogens with two attached hydrogens (primary N) is 1. The van der Waals surface area contributed by atoms with Gasteiger partial charge in [0.05, 0.1) is 6.20 Å². The van der Waals surface area contributed by atoms with E-state index in [0.29, 0.717) is 11.7 Å². The third kappa shape index (κ3) is 1.87. The van der Waals surface area contributed by atoms with Gasteiger partial charge in [-0.3, -0.25) is 5.10 Å². The number of hydrogen-bond acceptors (Lipinski definition) is 4. The Hall–Kier alpha value is -3.08. The van der Waals surface area contributed by atoms with Crippen molar-refractivity contribution in [2.24, 2.45) is 0 Å². The van der Waals surface area contributed by atoms with E-state index in [1.807, 2.05) is 48.5 Å². The molecule has 0 aliphatic heterocycles. The SMILES string of the molecule is Nc1[nH]ncc1-c1ccccc1-c1nc2ccccc2o1. The standard InChI is InChI=1S/C16H12N4O/c17-15-12(9-18-20-15)10-5-1-2-6-11(10)16-19-13-7-3-4-8-14(13)21-16/h1-9H,(H3,17,18,20). The van der Waals surface area contributed by atoms with Gasteiger partial charge in [0.15, 0.2) is 5.58 Å². The average molecular weight is 276 g/mol. The molecule has 21 heavy (non-hydrogen) atoms. The number of aromatic nitrogens is 3. The fourth-order valence-electron chi connectivity index (χ4n) is 2.40. The minimum Gasteiger partial charge on any atom is -0.436 e. The molecular weight excluding hydrogens is 264 g/mol. The highest BCUT2D eigenvalue weighted by atomic mass is 16.3. The van der Waals surface area contributed by atoms with Gasteiger partial charge in [0.1, 0.15) is 11.3 Å². The van der Waals surface area contributed by atoms with Crippen LogP contribution >= 0.6 is 0 Å². The first-order valence-corrected chi connectivity index (χ1v) is 6.57. The number of nitrogen functional groups attached to an aromatic ring is 1. The Bertz CT molecular complexity index is 890. The summed E-state index contributed by atoms with van der Waals surface area (Å²) in [5.41, 5.74) is 10.2. The highest BCUT2D eigenvalue weighted by Crippen LogP contribution is 2.34. The van der Waals surface area contributed by atoms with Gasteiger partial charge < -0.3 is 10.2 Å². The van der Waals surface area contributed by atoms with Crippen LogP contribution in [-0.4, -0.2) is 15.2 Å². The summed E-state index contributed by atoms with van der Waals surface area (Å²) in [4.78, 5) is 4.55. The molecule has 0 radical (unpaired) electrons. The highest BCUT2D eigenvalue weighted by Gasteiger charge is 2.15. The Morgan fingerprint density at radius 1 is 0.905 bits per heavy atom. The van der Waals surface area contributed by atoms with E-state index in [1.54, 1.807) is 6.20 Å². The van der Waals surface area contributed by atoms with E-state index in [-0.39, 0.29) is 0 Å². The number of para-hydroxylation sites is 2.